The molecular formula is C19H26Cl2N2S. The topological polar surface area (TPSA) is 17.8 Å². The summed E-state index contributed by atoms with van der Waals surface area (Å²) >= 11 is 14.2. The van der Waals surface area contributed by atoms with E-state index >= 15 is 0 Å². The molecule has 0 N–H and O–H groups in total. The van der Waals surface area contributed by atoms with Crippen molar-refractivity contribution < 1.29 is 0 Å². The van der Waals surface area contributed by atoms with Gasteiger partial charge in [0.05, 0.1) is 11.3 Å². The van der Waals surface area contributed by atoms with Gasteiger partial charge in [-0.2, -0.15) is 0 Å². The summed E-state index contributed by atoms with van der Waals surface area (Å²) in [4.78, 5) is 5.26. The van der Waals surface area contributed by atoms with Gasteiger partial charge in [-0.3, -0.25) is 0 Å². The molecule has 5 heteroatoms. The van der Waals surface area contributed by atoms with Crippen molar-refractivity contribution in [2.75, 3.05) is 0 Å². The molecule has 2 aromatic rings. The van der Waals surface area contributed by atoms with Gasteiger partial charge >= 0.3 is 0 Å². The smallest absolute Gasteiger partial charge is 0.0946 e. The molecular weight excluding hydrogens is 359 g/mol. The van der Waals surface area contributed by atoms with Gasteiger partial charge in [0, 0.05) is 34.1 Å². The van der Waals surface area contributed by atoms with Crippen LogP contribution < -0.4 is 0 Å². The van der Waals surface area contributed by atoms with Crippen LogP contribution in [0.3, 0.4) is 0 Å². The first-order valence-electron chi connectivity index (χ1n) is 8.76. The molecule has 132 valence electrons. The maximum absolute atomic E-state index is 6.35. The highest BCUT2D eigenvalue weighted by Gasteiger charge is 2.13. The number of halogens is 2. The Hall–Kier alpha value is -0.640. The average molecular weight is 385 g/mol. The van der Waals surface area contributed by atoms with Gasteiger partial charge in [-0.25, -0.2) is 4.98 Å². The molecule has 0 saturated heterocycles. The SMILES string of the molecule is CCCCCCCCC(Cn1ccnc1)Sc1ccc(Cl)cc1Cl. The number of imidazole rings is 1. The molecule has 1 aromatic heterocycles. The Morgan fingerprint density at radius 1 is 1.12 bits per heavy atom. The van der Waals surface area contributed by atoms with E-state index < -0.39 is 0 Å². The van der Waals surface area contributed by atoms with Crippen molar-refractivity contribution in [1.82, 2.24) is 9.55 Å². The van der Waals surface area contributed by atoms with Gasteiger partial charge in [-0.05, 0) is 24.6 Å². The van der Waals surface area contributed by atoms with Gasteiger partial charge in [-0.1, -0.05) is 68.7 Å². The first-order valence-corrected chi connectivity index (χ1v) is 10.4. The molecule has 0 aliphatic heterocycles. The van der Waals surface area contributed by atoms with Gasteiger partial charge in [0.1, 0.15) is 0 Å². The maximum Gasteiger partial charge on any atom is 0.0946 e. The fourth-order valence-electron chi connectivity index (χ4n) is 2.72. The number of hydrogen-bond donors (Lipinski definition) is 0. The molecule has 24 heavy (non-hydrogen) atoms. The third-order valence-corrected chi connectivity index (χ3v) is 6.03. The zero-order valence-corrected chi connectivity index (χ0v) is 16.6. The number of benzene rings is 1. The van der Waals surface area contributed by atoms with E-state index in [1.807, 2.05) is 48.7 Å². The second-order valence-electron chi connectivity index (χ2n) is 6.13. The Morgan fingerprint density at radius 3 is 2.62 bits per heavy atom. The van der Waals surface area contributed by atoms with Crippen molar-refractivity contribution in [3.05, 3.63) is 47.0 Å². The summed E-state index contributed by atoms with van der Waals surface area (Å²) in [5.74, 6) is 0. The highest BCUT2D eigenvalue weighted by Crippen LogP contribution is 2.34. The lowest BCUT2D eigenvalue weighted by molar-refractivity contribution is 0.552. The molecule has 0 radical (unpaired) electrons. The lowest BCUT2D eigenvalue weighted by Crippen LogP contribution is -2.12. The molecule has 2 rings (SSSR count). The molecule has 0 aliphatic carbocycles. The molecule has 0 bridgehead atoms. The Balaban J connectivity index is 1.89. The third kappa shape index (κ3) is 7.08. The number of aromatic nitrogens is 2. The average Bonchev–Trinajstić information content (AvgIpc) is 3.06. The second-order valence-corrected chi connectivity index (χ2v) is 8.32. The van der Waals surface area contributed by atoms with E-state index in [0.29, 0.717) is 10.3 Å². The van der Waals surface area contributed by atoms with Crippen LogP contribution in [0.25, 0.3) is 0 Å². The van der Waals surface area contributed by atoms with Crippen molar-refractivity contribution in [2.45, 2.75) is 68.6 Å². The Morgan fingerprint density at radius 2 is 1.92 bits per heavy atom. The van der Waals surface area contributed by atoms with Crippen LogP contribution >= 0.6 is 35.0 Å². The quantitative estimate of drug-likeness (QED) is 0.303. The highest BCUT2D eigenvalue weighted by atomic mass is 35.5. The number of hydrogen-bond acceptors (Lipinski definition) is 2. The van der Waals surface area contributed by atoms with Gasteiger partial charge in [0.25, 0.3) is 0 Å². The van der Waals surface area contributed by atoms with Gasteiger partial charge in [-0.15, -0.1) is 11.8 Å². The minimum atomic E-state index is 0.490. The largest absolute Gasteiger partial charge is 0.336 e. The molecule has 1 atom stereocenters. The first kappa shape index (κ1) is 19.7. The van der Waals surface area contributed by atoms with Crippen LogP contribution in [-0.4, -0.2) is 14.8 Å². The predicted molar refractivity (Wildman–Crippen MR) is 106 cm³/mol. The molecule has 0 fully saturated rings. The Labute approximate surface area is 160 Å². The van der Waals surface area contributed by atoms with E-state index in [4.69, 9.17) is 23.2 Å². The van der Waals surface area contributed by atoms with E-state index in [1.165, 1.54) is 44.9 Å². The van der Waals surface area contributed by atoms with Crippen molar-refractivity contribution in [1.29, 1.82) is 0 Å². The number of nitrogens with zero attached hydrogens (tertiary/aromatic N) is 2. The standard InChI is InChI=1S/C19H26Cl2N2S/c1-2-3-4-5-6-7-8-17(14-23-12-11-22-15-23)24-19-10-9-16(20)13-18(19)21/h9-13,15,17H,2-8,14H2,1H3. The molecule has 0 saturated carbocycles. The van der Waals surface area contributed by atoms with Crippen molar-refractivity contribution >= 4 is 35.0 Å². The molecule has 1 aromatic carbocycles. The first-order chi connectivity index (χ1) is 11.7. The van der Waals surface area contributed by atoms with Crippen molar-refractivity contribution in [2.24, 2.45) is 0 Å². The Bertz CT molecular complexity index is 587. The summed E-state index contributed by atoms with van der Waals surface area (Å²) in [6, 6.07) is 5.76. The van der Waals surface area contributed by atoms with Crippen LogP contribution in [0.2, 0.25) is 10.0 Å². The van der Waals surface area contributed by atoms with Crippen LogP contribution in [0, 0.1) is 0 Å². The summed E-state index contributed by atoms with van der Waals surface area (Å²) in [6.45, 7) is 3.21. The van der Waals surface area contributed by atoms with E-state index in [1.54, 1.807) is 0 Å². The monoisotopic (exact) mass is 384 g/mol. The maximum atomic E-state index is 6.35. The van der Waals surface area contributed by atoms with E-state index in [9.17, 15) is 0 Å². The number of rotatable bonds is 11. The fraction of sp³-hybridized carbons (Fsp3) is 0.526. The van der Waals surface area contributed by atoms with E-state index in [0.717, 1.165) is 16.5 Å². The van der Waals surface area contributed by atoms with Crippen LogP contribution in [0.1, 0.15) is 51.9 Å². The predicted octanol–water partition coefficient (Wildman–Crippen LogP) is 7.10. The van der Waals surface area contributed by atoms with E-state index in [-0.39, 0.29) is 0 Å². The zero-order valence-electron chi connectivity index (χ0n) is 14.3. The van der Waals surface area contributed by atoms with Crippen molar-refractivity contribution in [3.63, 3.8) is 0 Å². The van der Waals surface area contributed by atoms with Crippen molar-refractivity contribution in [3.8, 4) is 0 Å². The fourth-order valence-corrected chi connectivity index (χ4v) is 4.47. The lowest BCUT2D eigenvalue weighted by atomic mass is 10.1. The molecule has 1 heterocycles. The second kappa shape index (κ2) is 11.1. The summed E-state index contributed by atoms with van der Waals surface area (Å²) in [6.07, 6.45) is 14.9. The van der Waals surface area contributed by atoms with Crippen LogP contribution in [-0.2, 0) is 6.54 Å². The van der Waals surface area contributed by atoms with Gasteiger partial charge in [0.2, 0.25) is 0 Å². The van der Waals surface area contributed by atoms with Gasteiger partial charge in [0.15, 0.2) is 0 Å². The minimum Gasteiger partial charge on any atom is -0.336 e. The van der Waals surface area contributed by atoms with E-state index in [2.05, 4.69) is 16.5 Å². The molecule has 0 spiro atoms. The molecule has 0 aliphatic rings. The number of thioether (sulfide) groups is 1. The lowest BCUT2D eigenvalue weighted by Gasteiger charge is -2.18. The normalized spacial score (nSPS) is 12.5. The van der Waals surface area contributed by atoms with Gasteiger partial charge < -0.3 is 4.57 Å². The van der Waals surface area contributed by atoms with Crippen LogP contribution in [0.5, 0.6) is 0 Å². The highest BCUT2D eigenvalue weighted by molar-refractivity contribution is 8.00. The zero-order chi connectivity index (χ0) is 17.2. The Kier molecular flexibility index (Phi) is 9.08. The summed E-state index contributed by atoms with van der Waals surface area (Å²) < 4.78 is 2.15. The molecule has 1 unspecified atom stereocenters. The van der Waals surface area contributed by atoms with Crippen LogP contribution in [0.4, 0.5) is 0 Å². The number of unbranched alkanes of at least 4 members (excludes halogenated alkanes) is 5. The summed E-state index contributed by atoms with van der Waals surface area (Å²) in [7, 11) is 0. The molecule has 0 amide bonds. The summed E-state index contributed by atoms with van der Waals surface area (Å²) in [5, 5.41) is 1.92. The molecule has 2 nitrogen and oxygen atoms in total. The third-order valence-electron chi connectivity index (χ3n) is 4.04. The summed E-state index contributed by atoms with van der Waals surface area (Å²) in [5.41, 5.74) is 0. The minimum absolute atomic E-state index is 0.490. The van der Waals surface area contributed by atoms with Crippen LogP contribution in [0.15, 0.2) is 41.8 Å².